The van der Waals surface area contributed by atoms with Crippen LogP contribution in [0.1, 0.15) is 34.0 Å². The number of benzene rings is 3. The van der Waals surface area contributed by atoms with Crippen molar-refractivity contribution in [1.29, 1.82) is 0 Å². The lowest BCUT2D eigenvalue weighted by Crippen LogP contribution is -2.17. The van der Waals surface area contributed by atoms with Gasteiger partial charge in [0.1, 0.15) is 6.61 Å². The lowest BCUT2D eigenvalue weighted by atomic mass is 9.98. The minimum atomic E-state index is -0.428. The molecule has 4 heteroatoms. The first kappa shape index (κ1) is 21.1. The Morgan fingerprint density at radius 2 is 1.39 bits per heavy atom. The number of hydrogen-bond donors (Lipinski definition) is 1. The number of rotatable bonds is 6. The Morgan fingerprint density at radius 3 is 2.00 bits per heavy atom. The van der Waals surface area contributed by atoms with E-state index in [9.17, 15) is 4.79 Å². The Kier molecular flexibility index (Phi) is 5.74. The van der Waals surface area contributed by atoms with Gasteiger partial charge in [-0.2, -0.15) is 0 Å². The first-order valence-corrected chi connectivity index (χ1v) is 11.4. The molecule has 5 rings (SSSR count). The van der Waals surface area contributed by atoms with E-state index in [-0.39, 0.29) is 5.92 Å². The number of ether oxygens (including phenoxy) is 1. The van der Waals surface area contributed by atoms with E-state index < -0.39 is 6.09 Å². The largest absolute Gasteiger partial charge is 0.448 e. The van der Waals surface area contributed by atoms with E-state index in [1.807, 2.05) is 24.3 Å². The SMILES string of the molecule is Cc1ccc(C)n1CCc1ccc(NC(=O)OCC2c3ccccc3-c3ccccc32)cc1. The minimum absolute atomic E-state index is 0.0612. The fraction of sp³-hybridized carbons (Fsp3) is 0.207. The molecule has 1 N–H and O–H groups in total. The van der Waals surface area contributed by atoms with Crippen molar-refractivity contribution < 1.29 is 9.53 Å². The van der Waals surface area contributed by atoms with E-state index in [1.54, 1.807) is 0 Å². The summed E-state index contributed by atoms with van der Waals surface area (Å²) >= 11 is 0. The first-order valence-electron chi connectivity index (χ1n) is 11.4. The number of fused-ring (bicyclic) bond motifs is 3. The van der Waals surface area contributed by atoms with E-state index in [2.05, 4.69) is 84.4 Å². The average molecular weight is 437 g/mol. The highest BCUT2D eigenvalue weighted by molar-refractivity contribution is 5.85. The summed E-state index contributed by atoms with van der Waals surface area (Å²) in [5.74, 6) is 0.0612. The van der Waals surface area contributed by atoms with Crippen molar-refractivity contribution in [3.05, 3.63) is 113 Å². The summed E-state index contributed by atoms with van der Waals surface area (Å²) in [7, 11) is 0. The maximum Gasteiger partial charge on any atom is 0.411 e. The molecular weight excluding hydrogens is 408 g/mol. The zero-order valence-corrected chi connectivity index (χ0v) is 19.0. The fourth-order valence-electron chi connectivity index (χ4n) is 4.80. The maximum atomic E-state index is 12.5. The predicted molar refractivity (Wildman–Crippen MR) is 133 cm³/mol. The van der Waals surface area contributed by atoms with Crippen LogP contribution >= 0.6 is 0 Å². The molecule has 0 unspecified atom stereocenters. The molecule has 1 aliphatic rings. The summed E-state index contributed by atoms with van der Waals surface area (Å²) in [6, 6.07) is 29.0. The van der Waals surface area contributed by atoms with Gasteiger partial charge in [-0.1, -0.05) is 60.7 Å². The average Bonchev–Trinajstić information content (AvgIpc) is 3.33. The van der Waals surface area contributed by atoms with Gasteiger partial charge in [-0.05, 0) is 72.4 Å². The molecule has 0 aliphatic heterocycles. The Morgan fingerprint density at radius 1 is 0.818 bits per heavy atom. The number of carbonyl (C=O) groups is 1. The van der Waals surface area contributed by atoms with Gasteiger partial charge in [0, 0.05) is 29.5 Å². The lowest BCUT2D eigenvalue weighted by Gasteiger charge is -2.15. The molecule has 0 atom stereocenters. The van der Waals surface area contributed by atoms with Gasteiger partial charge in [0.25, 0.3) is 0 Å². The molecule has 33 heavy (non-hydrogen) atoms. The van der Waals surface area contributed by atoms with Gasteiger partial charge in [-0.25, -0.2) is 4.79 Å². The van der Waals surface area contributed by atoms with Crippen LogP contribution in [0.25, 0.3) is 11.1 Å². The lowest BCUT2D eigenvalue weighted by molar-refractivity contribution is 0.158. The summed E-state index contributed by atoms with van der Waals surface area (Å²) in [5, 5.41) is 2.86. The maximum absolute atomic E-state index is 12.5. The molecule has 0 saturated heterocycles. The number of nitrogens with zero attached hydrogens (tertiary/aromatic N) is 1. The topological polar surface area (TPSA) is 43.3 Å². The highest BCUT2D eigenvalue weighted by Gasteiger charge is 2.28. The number of aryl methyl sites for hydroxylation is 3. The molecule has 1 amide bonds. The molecule has 3 aromatic carbocycles. The number of carbonyl (C=O) groups excluding carboxylic acids is 1. The van der Waals surface area contributed by atoms with Crippen molar-refractivity contribution in [2.45, 2.75) is 32.7 Å². The van der Waals surface area contributed by atoms with Crippen LogP contribution in [0.5, 0.6) is 0 Å². The molecule has 1 heterocycles. The Balaban J connectivity index is 1.18. The van der Waals surface area contributed by atoms with Crippen LogP contribution in [-0.2, 0) is 17.7 Å². The number of hydrogen-bond acceptors (Lipinski definition) is 2. The van der Waals surface area contributed by atoms with Crippen molar-refractivity contribution in [2.75, 3.05) is 11.9 Å². The molecule has 0 fully saturated rings. The highest BCUT2D eigenvalue weighted by atomic mass is 16.5. The van der Waals surface area contributed by atoms with E-state index in [0.717, 1.165) is 18.7 Å². The summed E-state index contributed by atoms with van der Waals surface area (Å²) in [4.78, 5) is 12.5. The molecule has 4 nitrogen and oxygen atoms in total. The molecule has 0 saturated carbocycles. The van der Waals surface area contributed by atoms with Crippen LogP contribution in [0.4, 0.5) is 10.5 Å². The van der Waals surface area contributed by atoms with E-state index >= 15 is 0 Å². The van der Waals surface area contributed by atoms with E-state index in [1.165, 1.54) is 39.2 Å². The number of aromatic nitrogens is 1. The number of amides is 1. The molecule has 0 bridgehead atoms. The van der Waals surface area contributed by atoms with Crippen LogP contribution < -0.4 is 5.32 Å². The third kappa shape index (κ3) is 4.29. The van der Waals surface area contributed by atoms with Gasteiger partial charge in [-0.3, -0.25) is 5.32 Å². The van der Waals surface area contributed by atoms with Gasteiger partial charge >= 0.3 is 6.09 Å². The van der Waals surface area contributed by atoms with Crippen molar-refractivity contribution >= 4 is 11.8 Å². The Labute approximate surface area is 194 Å². The van der Waals surface area contributed by atoms with E-state index in [4.69, 9.17) is 4.74 Å². The van der Waals surface area contributed by atoms with Gasteiger partial charge in [0.05, 0.1) is 0 Å². The normalized spacial score (nSPS) is 12.3. The standard InChI is InChI=1S/C29H28N2O2/c1-20-11-12-21(2)31(20)18-17-22-13-15-23(16-14-22)30-29(32)33-19-28-26-9-5-3-7-24(26)25-8-4-6-10-27(25)28/h3-16,28H,17-19H2,1-2H3,(H,30,32). The van der Waals surface area contributed by atoms with Crippen molar-refractivity contribution in [3.8, 4) is 11.1 Å². The van der Waals surface area contributed by atoms with Crippen LogP contribution in [0.2, 0.25) is 0 Å². The summed E-state index contributed by atoms with van der Waals surface area (Å²) in [6.45, 7) is 5.53. The molecular formula is C29H28N2O2. The molecule has 166 valence electrons. The molecule has 1 aliphatic carbocycles. The molecule has 1 aromatic heterocycles. The van der Waals surface area contributed by atoms with Crippen LogP contribution in [0.3, 0.4) is 0 Å². The fourth-order valence-corrected chi connectivity index (χ4v) is 4.80. The second kappa shape index (κ2) is 8.99. The third-order valence-electron chi connectivity index (χ3n) is 6.59. The predicted octanol–water partition coefficient (Wildman–Crippen LogP) is 6.71. The van der Waals surface area contributed by atoms with Crippen LogP contribution in [0, 0.1) is 13.8 Å². The van der Waals surface area contributed by atoms with Crippen LogP contribution in [0.15, 0.2) is 84.9 Å². The van der Waals surface area contributed by atoms with Crippen molar-refractivity contribution in [2.24, 2.45) is 0 Å². The highest BCUT2D eigenvalue weighted by Crippen LogP contribution is 2.44. The quantitative estimate of drug-likeness (QED) is 0.365. The summed E-state index contributed by atoms with van der Waals surface area (Å²) in [5.41, 5.74) is 9.41. The van der Waals surface area contributed by atoms with Crippen molar-refractivity contribution in [3.63, 3.8) is 0 Å². The van der Waals surface area contributed by atoms with Gasteiger partial charge in [0.2, 0.25) is 0 Å². The number of anilines is 1. The molecule has 0 radical (unpaired) electrons. The van der Waals surface area contributed by atoms with Gasteiger partial charge in [0.15, 0.2) is 0 Å². The molecule has 4 aromatic rings. The van der Waals surface area contributed by atoms with Gasteiger partial charge in [-0.15, -0.1) is 0 Å². The first-order chi connectivity index (χ1) is 16.1. The zero-order valence-electron chi connectivity index (χ0n) is 19.0. The second-order valence-electron chi connectivity index (χ2n) is 8.67. The summed E-state index contributed by atoms with van der Waals surface area (Å²) < 4.78 is 7.97. The minimum Gasteiger partial charge on any atom is -0.448 e. The zero-order chi connectivity index (χ0) is 22.8. The van der Waals surface area contributed by atoms with Crippen LogP contribution in [-0.4, -0.2) is 17.3 Å². The second-order valence-corrected chi connectivity index (χ2v) is 8.67. The van der Waals surface area contributed by atoms with Crippen molar-refractivity contribution in [1.82, 2.24) is 4.57 Å². The van der Waals surface area contributed by atoms with E-state index in [0.29, 0.717) is 6.61 Å². The smallest absolute Gasteiger partial charge is 0.411 e. The third-order valence-corrected chi connectivity index (χ3v) is 6.59. The monoisotopic (exact) mass is 436 g/mol. The van der Waals surface area contributed by atoms with Gasteiger partial charge < -0.3 is 9.30 Å². The Hall–Kier alpha value is -3.79. The summed E-state index contributed by atoms with van der Waals surface area (Å²) in [6.07, 6.45) is 0.518. The Bertz CT molecular complexity index is 1220. The number of nitrogens with one attached hydrogen (secondary N) is 1. The molecule has 0 spiro atoms.